The molecule has 2 N–H and O–H groups in total. The number of aryl methyl sites for hydroxylation is 1. The third-order valence-corrected chi connectivity index (χ3v) is 10.8. The third kappa shape index (κ3) is 6.00. The van der Waals surface area contributed by atoms with Crippen LogP contribution in [0.1, 0.15) is 64.1 Å². The van der Waals surface area contributed by atoms with Crippen molar-refractivity contribution in [2.24, 2.45) is 0 Å². The van der Waals surface area contributed by atoms with Gasteiger partial charge >= 0.3 is 0 Å². The molecule has 3 aromatic rings. The lowest BCUT2D eigenvalue weighted by Gasteiger charge is -2.28. The van der Waals surface area contributed by atoms with E-state index in [2.05, 4.69) is 15.2 Å². The summed E-state index contributed by atoms with van der Waals surface area (Å²) in [4.78, 5) is 34.8. The first-order valence-electron chi connectivity index (χ1n) is 14.6. The third-order valence-electron chi connectivity index (χ3n) is 8.70. The molecule has 2 fully saturated rings. The molecule has 8 nitrogen and oxygen atoms in total. The molecule has 1 aromatic heterocycles. The molecular formula is C32H34Cl2N4O4S. The van der Waals surface area contributed by atoms with Crippen molar-refractivity contribution in [2.45, 2.75) is 56.2 Å². The Balaban J connectivity index is 1.28. The summed E-state index contributed by atoms with van der Waals surface area (Å²) in [6.45, 7) is 7.62. The fourth-order valence-corrected chi connectivity index (χ4v) is 8.50. The number of sulfone groups is 1. The van der Waals surface area contributed by atoms with E-state index in [1.165, 1.54) is 25.0 Å². The highest BCUT2D eigenvalue weighted by Crippen LogP contribution is 2.37. The number of carbonyl (C=O) groups excluding carboxylic acids is 2. The quantitative estimate of drug-likeness (QED) is 0.304. The predicted molar refractivity (Wildman–Crippen MR) is 170 cm³/mol. The summed E-state index contributed by atoms with van der Waals surface area (Å²) < 4.78 is 26.7. The Morgan fingerprint density at radius 3 is 2.47 bits per heavy atom. The summed E-state index contributed by atoms with van der Waals surface area (Å²) >= 11 is 12.2. The largest absolute Gasteiger partial charge is 0.358 e. The Morgan fingerprint density at radius 2 is 1.74 bits per heavy atom. The summed E-state index contributed by atoms with van der Waals surface area (Å²) in [5.41, 5.74) is 4.61. The van der Waals surface area contributed by atoms with E-state index in [9.17, 15) is 18.0 Å². The molecule has 2 saturated heterocycles. The molecule has 4 heterocycles. The van der Waals surface area contributed by atoms with Gasteiger partial charge in [-0.15, -0.1) is 0 Å². The molecule has 2 amide bonds. The van der Waals surface area contributed by atoms with Crippen molar-refractivity contribution in [3.8, 4) is 0 Å². The Hall–Kier alpha value is -3.11. The van der Waals surface area contributed by atoms with Crippen LogP contribution >= 0.6 is 23.2 Å². The number of halogens is 2. The first-order valence-corrected chi connectivity index (χ1v) is 17.0. The van der Waals surface area contributed by atoms with Crippen LogP contribution in [0.2, 0.25) is 10.0 Å². The maximum Gasteiger partial charge on any atom is 0.256 e. The van der Waals surface area contributed by atoms with E-state index >= 15 is 0 Å². The van der Waals surface area contributed by atoms with Gasteiger partial charge in [-0.2, -0.15) is 0 Å². The normalized spacial score (nSPS) is 19.8. The summed E-state index contributed by atoms with van der Waals surface area (Å²) in [5, 5.41) is 3.54. The van der Waals surface area contributed by atoms with Crippen LogP contribution < -0.4 is 5.32 Å². The van der Waals surface area contributed by atoms with Gasteiger partial charge in [-0.05, 0) is 106 Å². The molecule has 3 aliphatic heterocycles. The fourth-order valence-electron chi connectivity index (χ4n) is 6.58. The van der Waals surface area contributed by atoms with Gasteiger partial charge in [-0.3, -0.25) is 9.59 Å². The van der Waals surface area contributed by atoms with Crippen molar-refractivity contribution in [1.82, 2.24) is 14.8 Å². The highest BCUT2D eigenvalue weighted by molar-refractivity contribution is 7.90. The maximum atomic E-state index is 13.8. The van der Waals surface area contributed by atoms with E-state index in [1.807, 2.05) is 18.7 Å². The fraction of sp³-hybridized carbons (Fsp3) is 0.375. The number of rotatable bonds is 7. The minimum Gasteiger partial charge on any atom is -0.358 e. The maximum absolute atomic E-state index is 13.8. The summed E-state index contributed by atoms with van der Waals surface area (Å²) in [6.07, 6.45) is 6.15. The second-order valence-corrected chi connectivity index (χ2v) is 14.6. The molecule has 0 unspecified atom stereocenters. The minimum absolute atomic E-state index is 0.0170. The second kappa shape index (κ2) is 11.8. The number of hydrogen-bond donors (Lipinski definition) is 2. The standard InChI is InChI=1S/C32H34Cl2N4O4S/c1-19-29(35-20(2)30(19)32(40)38-11-5-6-24(38)17-37-9-3-4-10-37)16-27-26-15-25(7-8-28(26)36-31(27)39)43(41,42)18-21-12-22(33)14-23(34)13-21/h7-8,12-16,24,35H,3-6,9-11,17-18H2,1-2H3,(H,36,39)/t24-/m0/s1. The van der Waals surface area contributed by atoms with Crippen LogP contribution in [0.4, 0.5) is 5.69 Å². The van der Waals surface area contributed by atoms with Gasteiger partial charge in [-0.1, -0.05) is 23.2 Å². The molecule has 0 radical (unpaired) electrons. The molecule has 0 spiro atoms. The smallest absolute Gasteiger partial charge is 0.256 e. The van der Waals surface area contributed by atoms with Gasteiger partial charge in [0.15, 0.2) is 9.84 Å². The number of amides is 2. The van der Waals surface area contributed by atoms with Crippen LogP contribution in [0.3, 0.4) is 0 Å². The number of aromatic amines is 1. The first kappa shape index (κ1) is 29.9. The lowest BCUT2D eigenvalue weighted by atomic mass is 10.0. The molecule has 43 heavy (non-hydrogen) atoms. The van der Waals surface area contributed by atoms with Crippen molar-refractivity contribution in [1.29, 1.82) is 0 Å². The highest BCUT2D eigenvalue weighted by atomic mass is 35.5. The summed E-state index contributed by atoms with van der Waals surface area (Å²) in [7, 11) is -3.77. The zero-order valence-corrected chi connectivity index (χ0v) is 26.5. The first-order chi connectivity index (χ1) is 20.5. The van der Waals surface area contributed by atoms with Gasteiger partial charge in [0, 0.05) is 51.8 Å². The summed E-state index contributed by atoms with van der Waals surface area (Å²) in [6, 6.07) is 9.49. The lowest BCUT2D eigenvalue weighted by molar-refractivity contribution is -0.110. The molecule has 0 saturated carbocycles. The van der Waals surface area contributed by atoms with Crippen LogP contribution in [-0.2, 0) is 20.4 Å². The van der Waals surface area contributed by atoms with Crippen LogP contribution in [0.5, 0.6) is 0 Å². The number of fused-ring (bicyclic) bond motifs is 1. The van der Waals surface area contributed by atoms with Crippen molar-refractivity contribution >= 4 is 62.2 Å². The summed E-state index contributed by atoms with van der Waals surface area (Å²) in [5.74, 6) is -0.610. The molecular weight excluding hydrogens is 607 g/mol. The topological polar surface area (TPSA) is 103 Å². The second-order valence-electron chi connectivity index (χ2n) is 11.7. The van der Waals surface area contributed by atoms with Gasteiger partial charge in [0.05, 0.1) is 21.8 Å². The Bertz CT molecular complexity index is 1740. The molecule has 0 aliphatic carbocycles. The molecule has 11 heteroatoms. The number of H-pyrrole nitrogens is 1. The highest BCUT2D eigenvalue weighted by Gasteiger charge is 2.34. The number of nitrogens with zero attached hydrogens (tertiary/aromatic N) is 2. The van der Waals surface area contributed by atoms with Gasteiger partial charge in [0.2, 0.25) is 0 Å². The molecule has 0 bridgehead atoms. The average Bonchev–Trinajstić information content (AvgIpc) is 3.72. The van der Waals surface area contributed by atoms with E-state index in [0.717, 1.165) is 50.3 Å². The number of carbonyl (C=O) groups is 2. The van der Waals surface area contributed by atoms with Crippen LogP contribution in [0.15, 0.2) is 41.3 Å². The number of aromatic nitrogens is 1. The molecule has 1 atom stereocenters. The Morgan fingerprint density at radius 1 is 1.02 bits per heavy atom. The zero-order chi connectivity index (χ0) is 30.5. The van der Waals surface area contributed by atoms with Crippen molar-refractivity contribution in [3.05, 3.63) is 80.1 Å². The Labute approximate surface area is 262 Å². The zero-order valence-electron chi connectivity index (χ0n) is 24.2. The van der Waals surface area contributed by atoms with Crippen molar-refractivity contribution in [3.63, 3.8) is 0 Å². The van der Waals surface area contributed by atoms with Crippen molar-refractivity contribution in [2.75, 3.05) is 31.5 Å². The van der Waals surface area contributed by atoms with E-state index < -0.39 is 9.84 Å². The van der Waals surface area contributed by atoms with Gasteiger partial charge < -0.3 is 20.1 Å². The molecule has 3 aliphatic rings. The molecule has 6 rings (SSSR count). The van der Waals surface area contributed by atoms with E-state index in [4.69, 9.17) is 23.2 Å². The van der Waals surface area contributed by atoms with Gasteiger partial charge in [-0.25, -0.2) is 8.42 Å². The monoisotopic (exact) mass is 640 g/mol. The molecule has 2 aromatic carbocycles. The number of nitrogens with one attached hydrogen (secondary N) is 2. The Kier molecular flexibility index (Phi) is 8.19. The SMILES string of the molecule is Cc1[nH]c(C=C2C(=O)Nc3ccc(S(=O)(=O)Cc4cc(Cl)cc(Cl)c4)cc32)c(C)c1C(=O)N1CCC[C@H]1CN1CCCC1. The predicted octanol–water partition coefficient (Wildman–Crippen LogP) is 6.11. The molecule has 226 valence electrons. The van der Waals surface area contributed by atoms with E-state index in [1.54, 1.807) is 30.3 Å². The van der Waals surface area contributed by atoms with Crippen molar-refractivity contribution < 1.29 is 18.0 Å². The van der Waals surface area contributed by atoms with E-state index in [0.29, 0.717) is 43.7 Å². The van der Waals surface area contributed by atoms with Gasteiger partial charge in [0.25, 0.3) is 11.8 Å². The van der Waals surface area contributed by atoms with Gasteiger partial charge in [0.1, 0.15) is 0 Å². The van der Waals surface area contributed by atoms with Crippen LogP contribution in [0.25, 0.3) is 11.6 Å². The number of hydrogen-bond acceptors (Lipinski definition) is 5. The number of anilines is 1. The van der Waals surface area contributed by atoms with Crippen LogP contribution in [-0.4, -0.2) is 67.2 Å². The average molecular weight is 642 g/mol. The lowest BCUT2D eigenvalue weighted by Crippen LogP contribution is -2.42. The minimum atomic E-state index is -3.77. The number of likely N-dealkylation sites (tertiary alicyclic amines) is 2. The van der Waals surface area contributed by atoms with E-state index in [-0.39, 0.29) is 28.5 Å². The van der Waals surface area contributed by atoms with Crippen LogP contribution in [0, 0.1) is 13.8 Å². The number of benzene rings is 2.